The summed E-state index contributed by atoms with van der Waals surface area (Å²) in [6.45, 7) is 0.795. The molecule has 0 radical (unpaired) electrons. The average Bonchev–Trinajstić information content (AvgIpc) is 2.75. The van der Waals surface area contributed by atoms with Crippen molar-refractivity contribution in [2.75, 3.05) is 19.3 Å². The van der Waals surface area contributed by atoms with Gasteiger partial charge in [0.25, 0.3) is 0 Å². The number of hydrogen-bond acceptors (Lipinski definition) is 6. The Kier molecular flexibility index (Phi) is 12.6. The maximum atomic E-state index is 11.5. The fourth-order valence-electron chi connectivity index (χ4n) is 1.58. The number of aromatic nitrogens is 2. The molecule has 1 aliphatic rings. The summed E-state index contributed by atoms with van der Waals surface area (Å²) in [6, 6.07) is 1.55. The van der Waals surface area contributed by atoms with Gasteiger partial charge < -0.3 is 25.6 Å². The summed E-state index contributed by atoms with van der Waals surface area (Å²) in [4.78, 5) is 21.6. The molecule has 0 bridgehead atoms. The van der Waals surface area contributed by atoms with E-state index in [1.54, 1.807) is 28.9 Å². The largest absolute Gasteiger partial charge is 1.00 e. The number of nitrogens with zero attached hydrogens (tertiary/aromatic N) is 3. The normalized spacial score (nSPS) is 16.8. The number of nitrogen functional groups attached to an aromatic ring is 1. The third kappa shape index (κ3) is 7.55. The molecule has 1 saturated heterocycles. The van der Waals surface area contributed by atoms with E-state index in [4.69, 9.17) is 20.7 Å². The Bertz CT molecular complexity index is 422. The average molecular weight is 318 g/mol. The van der Waals surface area contributed by atoms with Gasteiger partial charge >= 0.3 is 103 Å². The molecule has 0 saturated carbocycles. The van der Waals surface area contributed by atoms with Crippen molar-refractivity contribution < 1.29 is 123 Å². The summed E-state index contributed by atoms with van der Waals surface area (Å²) in [5, 5.41) is 20.7. The van der Waals surface area contributed by atoms with Crippen LogP contribution in [0.5, 0.6) is 0 Å². The molecule has 1 fully saturated rings. The van der Waals surface area contributed by atoms with Gasteiger partial charge in [-0.05, 0) is 18.6 Å². The van der Waals surface area contributed by atoms with Crippen molar-refractivity contribution in [1.29, 1.82) is 0 Å². The Morgan fingerprint density at radius 2 is 2.00 bits per heavy atom. The molecule has 19 heavy (non-hydrogen) atoms. The zero-order valence-corrected chi connectivity index (χ0v) is 17.4. The smallest absolute Gasteiger partial charge is 0.652 e. The molecule has 0 aliphatic carbocycles. The molecular weight excluding hydrogens is 306 g/mol. The van der Waals surface area contributed by atoms with Gasteiger partial charge in [-0.2, -0.15) is 5.10 Å². The first-order chi connectivity index (χ1) is 7.91. The van der Waals surface area contributed by atoms with Gasteiger partial charge in [0, 0.05) is 19.8 Å². The Morgan fingerprint density at radius 3 is 2.32 bits per heavy atom. The third-order valence-electron chi connectivity index (χ3n) is 2.35. The van der Waals surface area contributed by atoms with Crippen LogP contribution >= 0.6 is 0 Å². The number of likely N-dealkylation sites (N-methyl/N-ethyl adjacent to an activating group) is 1. The van der Waals surface area contributed by atoms with E-state index < -0.39 is 6.16 Å². The maximum absolute atomic E-state index is 11.5. The fourth-order valence-corrected chi connectivity index (χ4v) is 1.58. The van der Waals surface area contributed by atoms with Crippen molar-refractivity contribution in [2.24, 2.45) is 0 Å². The number of carbonyl (C=O) groups is 2. The SMILES string of the molecule is CN1CCC(n2ccc(N)n2)C1=O.O=C([O-])[O-].[K+].[K+]. The van der Waals surface area contributed by atoms with Crippen LogP contribution in [0, 0.1) is 0 Å². The van der Waals surface area contributed by atoms with Crippen LogP contribution in [-0.4, -0.2) is 40.3 Å². The fraction of sp³-hybridized carbons (Fsp3) is 0.444. The standard InChI is InChI=1S/C8H12N4O.CH2O3.2K/c1-11-4-2-6(8(11)13)12-5-3-7(9)10-12;2-1(3)4;;/h3,5-6H,2,4H2,1H3,(H2,9,10);(H2,2,3,4);;/q;;2*+1/p-2. The van der Waals surface area contributed by atoms with E-state index in [0.717, 1.165) is 13.0 Å². The molecule has 1 unspecified atom stereocenters. The predicted molar refractivity (Wildman–Crippen MR) is 53.3 cm³/mol. The minimum atomic E-state index is -2.33. The molecule has 8 nitrogen and oxygen atoms in total. The molecule has 1 amide bonds. The molecule has 1 aromatic heterocycles. The van der Waals surface area contributed by atoms with E-state index >= 15 is 0 Å². The monoisotopic (exact) mass is 318 g/mol. The van der Waals surface area contributed by atoms with Gasteiger partial charge in [-0.1, -0.05) is 0 Å². The third-order valence-corrected chi connectivity index (χ3v) is 2.35. The molecule has 0 aromatic carbocycles. The van der Waals surface area contributed by atoms with Gasteiger partial charge in [0.05, 0.1) is 0 Å². The number of nitrogens with two attached hydrogens (primary N) is 1. The summed E-state index contributed by atoms with van der Waals surface area (Å²) in [7, 11) is 1.80. The van der Waals surface area contributed by atoms with Gasteiger partial charge in [0.15, 0.2) is 0 Å². The van der Waals surface area contributed by atoms with Crippen LogP contribution in [0.25, 0.3) is 0 Å². The molecule has 0 spiro atoms. The second-order valence-electron chi connectivity index (χ2n) is 3.53. The van der Waals surface area contributed by atoms with Crippen molar-refractivity contribution in [1.82, 2.24) is 14.7 Å². The minimum absolute atomic E-state index is 0. The molecule has 1 atom stereocenters. The van der Waals surface area contributed by atoms with E-state index in [0.29, 0.717) is 5.82 Å². The van der Waals surface area contributed by atoms with Gasteiger partial charge in [-0.15, -0.1) is 0 Å². The van der Waals surface area contributed by atoms with Crippen molar-refractivity contribution in [3.63, 3.8) is 0 Å². The topological polar surface area (TPSA) is 127 Å². The maximum Gasteiger partial charge on any atom is 1.00 e. The van der Waals surface area contributed by atoms with Crippen LogP contribution in [-0.2, 0) is 4.79 Å². The first-order valence-corrected chi connectivity index (χ1v) is 4.85. The van der Waals surface area contributed by atoms with Gasteiger partial charge in [0.2, 0.25) is 5.91 Å². The van der Waals surface area contributed by atoms with Gasteiger partial charge in [-0.3, -0.25) is 9.48 Å². The molecule has 94 valence electrons. The Labute approximate surface area is 195 Å². The first kappa shape index (κ1) is 22.3. The van der Waals surface area contributed by atoms with Crippen molar-refractivity contribution in [3.8, 4) is 0 Å². The second-order valence-corrected chi connectivity index (χ2v) is 3.53. The Hall–Kier alpha value is 1.02. The number of rotatable bonds is 1. The summed E-state index contributed by atoms with van der Waals surface area (Å²) in [5.74, 6) is 0.574. The summed E-state index contributed by atoms with van der Waals surface area (Å²) in [6.07, 6.45) is 0.230. The zero-order valence-electron chi connectivity index (χ0n) is 11.2. The minimum Gasteiger partial charge on any atom is -0.652 e. The Morgan fingerprint density at radius 1 is 1.47 bits per heavy atom. The van der Waals surface area contributed by atoms with Crippen LogP contribution in [0.4, 0.5) is 10.6 Å². The van der Waals surface area contributed by atoms with Crippen molar-refractivity contribution >= 4 is 17.9 Å². The molecule has 2 N–H and O–H groups in total. The number of carbonyl (C=O) groups excluding carboxylic acids is 2. The van der Waals surface area contributed by atoms with E-state index in [1.165, 1.54) is 0 Å². The van der Waals surface area contributed by atoms with Crippen molar-refractivity contribution in [3.05, 3.63) is 12.3 Å². The van der Waals surface area contributed by atoms with E-state index in [1.807, 2.05) is 0 Å². The Balaban J connectivity index is 0. The molecule has 1 aromatic rings. The van der Waals surface area contributed by atoms with E-state index in [2.05, 4.69) is 5.10 Å². The van der Waals surface area contributed by atoms with Crippen LogP contribution in [0.3, 0.4) is 0 Å². The number of hydrogen-bond donors (Lipinski definition) is 1. The molecule has 2 rings (SSSR count). The number of likely N-dealkylation sites (tertiary alicyclic amines) is 1. The van der Waals surface area contributed by atoms with Crippen LogP contribution in [0.2, 0.25) is 0 Å². The summed E-state index contributed by atoms with van der Waals surface area (Å²) >= 11 is 0. The zero-order chi connectivity index (χ0) is 13.0. The van der Waals surface area contributed by atoms with Crippen LogP contribution in [0.1, 0.15) is 12.5 Å². The van der Waals surface area contributed by atoms with Crippen LogP contribution in [0.15, 0.2) is 12.3 Å². The van der Waals surface area contributed by atoms with Crippen LogP contribution < -0.4 is 119 Å². The molecule has 2 heterocycles. The van der Waals surface area contributed by atoms with E-state index in [9.17, 15) is 4.79 Å². The number of amides is 1. The summed E-state index contributed by atoms with van der Waals surface area (Å²) < 4.78 is 1.64. The quantitative estimate of drug-likeness (QED) is 0.512. The van der Waals surface area contributed by atoms with Gasteiger partial charge in [-0.25, -0.2) is 0 Å². The first-order valence-electron chi connectivity index (χ1n) is 4.85. The summed E-state index contributed by atoms with van der Waals surface area (Å²) in [5.41, 5.74) is 5.47. The van der Waals surface area contributed by atoms with Gasteiger partial charge in [0.1, 0.15) is 11.9 Å². The second kappa shape index (κ2) is 10.7. The molecular formula is C9H12K2N4O4. The molecule has 1 aliphatic heterocycles. The number of anilines is 1. The van der Waals surface area contributed by atoms with Crippen molar-refractivity contribution in [2.45, 2.75) is 12.5 Å². The van der Waals surface area contributed by atoms with E-state index in [-0.39, 0.29) is 115 Å². The number of carboxylic acid groups (broad SMARTS) is 2. The predicted octanol–water partition coefficient (Wildman–Crippen LogP) is -8.57. The molecule has 10 heteroatoms.